The largest absolute Gasteiger partial charge is 0.507 e. The van der Waals surface area contributed by atoms with Crippen molar-refractivity contribution < 1.29 is 50.5 Å². The van der Waals surface area contributed by atoms with Crippen molar-refractivity contribution in [2.45, 2.75) is 51.1 Å². The molecule has 0 amide bonds. The Bertz CT molecular complexity index is 1450. The summed E-state index contributed by atoms with van der Waals surface area (Å²) in [7, 11) is 0. The van der Waals surface area contributed by atoms with Crippen molar-refractivity contribution in [1.82, 2.24) is 30.0 Å². The monoisotopic (exact) mass is 603 g/mol. The minimum Gasteiger partial charge on any atom is -0.507 e. The molecule has 3 heterocycles. The van der Waals surface area contributed by atoms with E-state index < -0.39 is 58.5 Å². The molecule has 1 aliphatic rings. The number of aromatic nitrogens is 5. The first-order valence-electron chi connectivity index (χ1n) is 12.1. The van der Waals surface area contributed by atoms with E-state index in [2.05, 4.69) is 35.0 Å². The quantitative estimate of drug-likeness (QED) is 0.243. The van der Waals surface area contributed by atoms with Crippen LogP contribution in [0.2, 0.25) is 0 Å². The highest BCUT2D eigenvalue weighted by atomic mass is 19.4. The Morgan fingerprint density at radius 1 is 1.02 bits per heavy atom. The predicted octanol–water partition coefficient (Wildman–Crippen LogP) is 3.33. The molecule has 0 radical (unpaired) electrons. The molecule has 1 aliphatic heterocycles. The van der Waals surface area contributed by atoms with Crippen LogP contribution in [0.4, 0.5) is 32.3 Å². The third kappa shape index (κ3) is 6.87. The van der Waals surface area contributed by atoms with Crippen LogP contribution in [0.25, 0.3) is 16.9 Å². The van der Waals surface area contributed by atoms with E-state index in [0.717, 1.165) is 42.0 Å². The predicted molar refractivity (Wildman–Crippen MR) is 131 cm³/mol. The molecule has 4 rings (SSSR count). The van der Waals surface area contributed by atoms with Crippen molar-refractivity contribution in [3.8, 4) is 34.2 Å². The van der Waals surface area contributed by atoms with Gasteiger partial charge in [-0.1, -0.05) is 0 Å². The SMILES string of the molecule is CC(C)(C)NC1CCN(c2ncc(-c3c(O)cc(-n4ccnc4)c(OC(=O)C(F)(F)F)c3OC(=O)C(F)(F)F)nn2)C1. The van der Waals surface area contributed by atoms with E-state index in [1.165, 1.54) is 0 Å². The van der Waals surface area contributed by atoms with Crippen LogP contribution in [-0.2, 0) is 9.59 Å². The number of carbonyl (C=O) groups excluding carboxylic acids is 2. The molecule has 1 atom stereocenters. The van der Waals surface area contributed by atoms with Crippen molar-refractivity contribution in [3.05, 3.63) is 31.0 Å². The van der Waals surface area contributed by atoms with Gasteiger partial charge in [-0.05, 0) is 27.2 Å². The molecule has 2 aromatic heterocycles. The Morgan fingerprint density at radius 3 is 2.19 bits per heavy atom. The normalized spacial score (nSPS) is 16.0. The first kappa shape index (κ1) is 30.5. The molecule has 42 heavy (non-hydrogen) atoms. The average molecular weight is 603 g/mol. The van der Waals surface area contributed by atoms with Gasteiger partial charge in [-0.15, -0.1) is 10.2 Å². The van der Waals surface area contributed by atoms with Crippen LogP contribution in [-0.4, -0.2) is 78.8 Å². The van der Waals surface area contributed by atoms with Crippen molar-refractivity contribution in [2.75, 3.05) is 18.0 Å². The van der Waals surface area contributed by atoms with Gasteiger partial charge in [0.2, 0.25) is 5.95 Å². The van der Waals surface area contributed by atoms with E-state index in [1.54, 1.807) is 4.90 Å². The Morgan fingerprint density at radius 2 is 1.67 bits per heavy atom. The van der Waals surface area contributed by atoms with Gasteiger partial charge in [-0.3, -0.25) is 0 Å². The minimum absolute atomic E-state index is 0.0901. The summed E-state index contributed by atoms with van der Waals surface area (Å²) in [6, 6.07) is 0.840. The molecule has 0 saturated carbocycles. The summed E-state index contributed by atoms with van der Waals surface area (Å²) in [5.74, 6) is -9.22. The molecule has 226 valence electrons. The number of imidazole rings is 1. The Kier molecular flexibility index (Phi) is 8.03. The van der Waals surface area contributed by atoms with E-state index in [9.17, 15) is 41.0 Å². The van der Waals surface area contributed by atoms with Gasteiger partial charge >= 0.3 is 24.3 Å². The van der Waals surface area contributed by atoms with Crippen LogP contribution < -0.4 is 19.7 Å². The number of benzene rings is 1. The molecule has 1 aromatic carbocycles. The lowest BCUT2D eigenvalue weighted by Gasteiger charge is -2.25. The number of esters is 2. The highest BCUT2D eigenvalue weighted by Crippen LogP contribution is 2.48. The van der Waals surface area contributed by atoms with Gasteiger partial charge in [0.15, 0.2) is 11.5 Å². The van der Waals surface area contributed by atoms with E-state index >= 15 is 0 Å². The summed E-state index contributed by atoms with van der Waals surface area (Å²) in [6.45, 7) is 7.02. The zero-order valence-corrected chi connectivity index (χ0v) is 22.1. The van der Waals surface area contributed by atoms with Gasteiger partial charge in [0.05, 0.1) is 23.8 Å². The molecule has 12 nitrogen and oxygen atoms in total. The van der Waals surface area contributed by atoms with Crippen LogP contribution >= 0.6 is 0 Å². The van der Waals surface area contributed by atoms with Gasteiger partial charge < -0.3 is 29.4 Å². The zero-order valence-electron chi connectivity index (χ0n) is 22.1. The minimum atomic E-state index is -5.63. The molecule has 0 bridgehead atoms. The summed E-state index contributed by atoms with van der Waals surface area (Å²) < 4.78 is 88.7. The van der Waals surface area contributed by atoms with E-state index in [0.29, 0.717) is 13.1 Å². The Labute approximate surface area is 233 Å². The highest BCUT2D eigenvalue weighted by molar-refractivity contribution is 5.89. The fraction of sp³-hybridized carbons (Fsp3) is 0.417. The van der Waals surface area contributed by atoms with E-state index in [1.807, 2.05) is 20.8 Å². The maximum Gasteiger partial charge on any atom is 0.491 e. The fourth-order valence-corrected chi connectivity index (χ4v) is 4.15. The fourth-order valence-electron chi connectivity index (χ4n) is 4.15. The summed E-state index contributed by atoms with van der Waals surface area (Å²) in [6.07, 6.45) is -6.32. The van der Waals surface area contributed by atoms with Crippen LogP contribution in [0.1, 0.15) is 27.2 Å². The number of rotatable bonds is 6. The maximum atomic E-state index is 13.2. The first-order valence-corrected chi connectivity index (χ1v) is 12.1. The zero-order chi connectivity index (χ0) is 31.0. The Hall–Kier alpha value is -4.48. The topological polar surface area (TPSA) is 145 Å². The number of carbonyl (C=O) groups is 2. The summed E-state index contributed by atoms with van der Waals surface area (Å²) in [5, 5.41) is 22.0. The number of ether oxygens (including phenoxy) is 2. The molecular weight excluding hydrogens is 580 g/mol. The van der Waals surface area contributed by atoms with Gasteiger partial charge in [0.25, 0.3) is 0 Å². The maximum absolute atomic E-state index is 13.2. The molecule has 1 saturated heterocycles. The van der Waals surface area contributed by atoms with Gasteiger partial charge in [-0.2, -0.15) is 26.3 Å². The number of nitrogens with one attached hydrogen (secondary N) is 1. The molecular formula is C24H23F6N7O5. The number of hydrogen-bond donors (Lipinski definition) is 2. The van der Waals surface area contributed by atoms with Crippen LogP contribution in [0.3, 0.4) is 0 Å². The van der Waals surface area contributed by atoms with Crippen molar-refractivity contribution >= 4 is 17.9 Å². The van der Waals surface area contributed by atoms with Crippen molar-refractivity contribution in [3.63, 3.8) is 0 Å². The number of phenols is 1. The van der Waals surface area contributed by atoms with Gasteiger partial charge in [0, 0.05) is 43.1 Å². The molecule has 1 fully saturated rings. The number of phenolic OH excluding ortho intramolecular Hbond substituents is 1. The van der Waals surface area contributed by atoms with Crippen LogP contribution in [0.15, 0.2) is 31.0 Å². The van der Waals surface area contributed by atoms with Gasteiger partial charge in [0.1, 0.15) is 11.4 Å². The molecule has 0 spiro atoms. The number of halogens is 6. The number of hydrogen-bond acceptors (Lipinski definition) is 11. The summed E-state index contributed by atoms with van der Waals surface area (Å²) in [4.78, 5) is 33.2. The molecule has 18 heteroatoms. The highest BCUT2D eigenvalue weighted by Gasteiger charge is 2.45. The number of nitrogens with zero attached hydrogens (tertiary/aromatic N) is 6. The van der Waals surface area contributed by atoms with E-state index in [-0.39, 0.29) is 17.5 Å². The van der Waals surface area contributed by atoms with Crippen molar-refractivity contribution in [2.24, 2.45) is 0 Å². The molecule has 1 unspecified atom stereocenters. The van der Waals surface area contributed by atoms with Crippen LogP contribution in [0, 0.1) is 0 Å². The lowest BCUT2D eigenvalue weighted by atomic mass is 10.1. The van der Waals surface area contributed by atoms with Gasteiger partial charge in [-0.25, -0.2) is 19.6 Å². The number of aromatic hydroxyl groups is 1. The second kappa shape index (κ2) is 11.1. The lowest BCUT2D eigenvalue weighted by Crippen LogP contribution is -2.45. The lowest BCUT2D eigenvalue weighted by molar-refractivity contribution is -0.191. The smallest absolute Gasteiger partial charge is 0.491 e. The summed E-state index contributed by atoms with van der Waals surface area (Å²) in [5.41, 5.74) is -2.14. The van der Waals surface area contributed by atoms with Crippen molar-refractivity contribution in [1.29, 1.82) is 0 Å². The second-order valence-electron chi connectivity index (χ2n) is 10.2. The Balaban J connectivity index is 1.82. The number of anilines is 1. The third-order valence-corrected chi connectivity index (χ3v) is 5.74. The third-order valence-electron chi connectivity index (χ3n) is 5.74. The number of alkyl halides is 6. The average Bonchev–Trinajstić information content (AvgIpc) is 3.56. The molecule has 0 aliphatic carbocycles. The van der Waals surface area contributed by atoms with E-state index in [4.69, 9.17) is 0 Å². The molecule has 3 aromatic rings. The summed E-state index contributed by atoms with van der Waals surface area (Å²) >= 11 is 0. The first-order chi connectivity index (χ1) is 19.4. The second-order valence-corrected chi connectivity index (χ2v) is 10.2. The molecule has 2 N–H and O–H groups in total. The standard InChI is InChI=1S/C24H23F6N7O5/c1-22(2,3)33-12-4-6-36(10-12)21-32-9-13(34-35-21)16-15(38)8-14(37-7-5-31-11-37)17(41-19(39)23(25,26)27)18(16)42-20(40)24(28,29)30/h5,7-9,11-12,33,38H,4,6,10H2,1-3H3. The van der Waals surface area contributed by atoms with Crippen LogP contribution in [0.5, 0.6) is 17.2 Å².